The van der Waals surface area contributed by atoms with E-state index in [0.29, 0.717) is 34.7 Å². The summed E-state index contributed by atoms with van der Waals surface area (Å²) in [5.74, 6) is 0. The van der Waals surface area contributed by atoms with Crippen LogP contribution >= 0.6 is 0 Å². The van der Waals surface area contributed by atoms with E-state index in [1.54, 1.807) is 65.8 Å². The summed E-state index contributed by atoms with van der Waals surface area (Å²) < 4.78 is 32.8. The molecule has 0 bridgehead atoms. The van der Waals surface area contributed by atoms with E-state index in [0.717, 1.165) is 31.1 Å². The van der Waals surface area contributed by atoms with Crippen molar-refractivity contribution < 1.29 is 13.5 Å². The Balaban J connectivity index is 1.55. The average molecular weight is 603 g/mol. The monoisotopic (exact) mass is 602 g/mol. The van der Waals surface area contributed by atoms with Crippen molar-refractivity contribution in [1.29, 1.82) is 0 Å². The van der Waals surface area contributed by atoms with Gasteiger partial charge in [-0.3, -0.25) is 13.4 Å². The van der Waals surface area contributed by atoms with E-state index in [2.05, 4.69) is 16.9 Å². The number of aryl methyl sites for hydroxylation is 1. The van der Waals surface area contributed by atoms with Crippen LogP contribution in [0.5, 0.6) is 0 Å². The molecule has 3 heterocycles. The Hall–Kier alpha value is -4.19. The lowest BCUT2D eigenvalue weighted by atomic mass is 10.0. The van der Waals surface area contributed by atoms with Crippen molar-refractivity contribution in [1.82, 2.24) is 19.1 Å². The average Bonchev–Trinajstić information content (AvgIpc) is 3.64. The van der Waals surface area contributed by atoms with Gasteiger partial charge in [-0.15, -0.1) is 0 Å². The normalized spacial score (nSPS) is 12.5. The SMILES string of the molecule is CCCCCCn1ccn(-c2ccc(S(=O)(=O)N(CCN)c3ccccc3)c(CC(O)c3cnc4[nH]ccc4c3)c2)c1=O. The van der Waals surface area contributed by atoms with Crippen molar-refractivity contribution in [3.63, 3.8) is 0 Å². The van der Waals surface area contributed by atoms with Gasteiger partial charge in [-0.25, -0.2) is 18.2 Å². The minimum atomic E-state index is -4.09. The quantitative estimate of drug-likeness (QED) is 0.160. The fourth-order valence-corrected chi connectivity index (χ4v) is 7.00. The molecule has 43 heavy (non-hydrogen) atoms. The minimum Gasteiger partial charge on any atom is -0.388 e. The van der Waals surface area contributed by atoms with Gasteiger partial charge in [-0.05, 0) is 60.0 Å². The molecule has 0 saturated carbocycles. The standard InChI is InChI=1S/C32H38N6O4S/c1-2-3-4-8-16-36-18-19-37(32(36)40)28-11-12-30(43(41,42)38(17-14-33)27-9-6-5-7-10-27)25(21-28)22-29(39)26-20-24-13-15-34-31(24)35-23-26/h5-7,9-13,15,18-21,23,29,39H,2-4,8,14,16-17,22,33H2,1H3,(H,34,35). The molecule has 11 heteroatoms. The van der Waals surface area contributed by atoms with Gasteiger partial charge in [-0.1, -0.05) is 44.4 Å². The van der Waals surface area contributed by atoms with Crippen LogP contribution in [-0.4, -0.2) is 45.7 Å². The summed E-state index contributed by atoms with van der Waals surface area (Å²) in [7, 11) is -4.09. The second-order valence-electron chi connectivity index (χ2n) is 10.6. The second kappa shape index (κ2) is 13.4. The Morgan fingerprint density at radius 1 is 1.05 bits per heavy atom. The summed E-state index contributed by atoms with van der Waals surface area (Å²) in [4.78, 5) is 20.7. The van der Waals surface area contributed by atoms with Crippen LogP contribution in [0.25, 0.3) is 16.7 Å². The zero-order chi connectivity index (χ0) is 30.4. The van der Waals surface area contributed by atoms with Gasteiger partial charge in [0.25, 0.3) is 10.0 Å². The third-order valence-electron chi connectivity index (χ3n) is 7.59. The Morgan fingerprint density at radius 3 is 2.63 bits per heavy atom. The number of pyridine rings is 1. The van der Waals surface area contributed by atoms with Crippen LogP contribution in [0.15, 0.2) is 95.1 Å². The van der Waals surface area contributed by atoms with Crippen LogP contribution in [0.1, 0.15) is 49.8 Å². The van der Waals surface area contributed by atoms with Crippen molar-refractivity contribution in [2.75, 3.05) is 17.4 Å². The van der Waals surface area contributed by atoms with Crippen molar-refractivity contribution in [2.24, 2.45) is 5.73 Å². The smallest absolute Gasteiger partial charge is 0.332 e. The molecule has 3 aromatic heterocycles. The number of imidazole rings is 1. The number of aromatic nitrogens is 4. The van der Waals surface area contributed by atoms with E-state index in [9.17, 15) is 18.3 Å². The molecule has 2 aromatic carbocycles. The van der Waals surface area contributed by atoms with Crippen molar-refractivity contribution in [3.8, 4) is 5.69 Å². The third-order valence-corrected chi connectivity index (χ3v) is 9.51. The number of nitrogens with two attached hydrogens (primary N) is 1. The van der Waals surface area contributed by atoms with E-state index >= 15 is 0 Å². The first kappa shape index (κ1) is 30.3. The molecule has 0 radical (unpaired) electrons. The highest BCUT2D eigenvalue weighted by atomic mass is 32.2. The third kappa shape index (κ3) is 6.58. The van der Waals surface area contributed by atoms with E-state index in [1.807, 2.05) is 18.2 Å². The molecule has 1 atom stereocenters. The van der Waals surface area contributed by atoms with Crippen LogP contribution in [0.4, 0.5) is 5.69 Å². The largest absolute Gasteiger partial charge is 0.388 e. The Bertz CT molecular complexity index is 1830. The molecular formula is C32H38N6O4S. The van der Waals surface area contributed by atoms with Gasteiger partial charge in [0.1, 0.15) is 5.65 Å². The summed E-state index contributed by atoms with van der Waals surface area (Å²) in [5.41, 5.74) is 8.28. The van der Waals surface area contributed by atoms with Crippen molar-refractivity contribution in [2.45, 2.75) is 56.6 Å². The van der Waals surface area contributed by atoms with Gasteiger partial charge in [0.2, 0.25) is 0 Å². The first-order valence-corrected chi connectivity index (χ1v) is 16.1. The topological polar surface area (TPSA) is 139 Å². The Labute approximate surface area is 251 Å². The summed E-state index contributed by atoms with van der Waals surface area (Å²) in [6.45, 7) is 2.95. The molecule has 4 N–H and O–H groups in total. The van der Waals surface area contributed by atoms with Gasteiger partial charge < -0.3 is 15.8 Å². The maximum absolute atomic E-state index is 14.2. The predicted octanol–water partition coefficient (Wildman–Crippen LogP) is 4.53. The number of rotatable bonds is 14. The summed E-state index contributed by atoms with van der Waals surface area (Å²) >= 11 is 0. The molecule has 0 aliphatic heterocycles. The Morgan fingerprint density at radius 2 is 1.86 bits per heavy atom. The number of hydrogen-bond donors (Lipinski definition) is 3. The summed E-state index contributed by atoms with van der Waals surface area (Å²) in [6.07, 6.45) is 9.92. The molecule has 0 aliphatic carbocycles. The van der Waals surface area contributed by atoms with Crippen LogP contribution in [-0.2, 0) is 23.0 Å². The highest BCUT2D eigenvalue weighted by Gasteiger charge is 2.28. The first-order chi connectivity index (χ1) is 20.8. The molecule has 1 unspecified atom stereocenters. The number of sulfonamides is 1. The molecular weight excluding hydrogens is 564 g/mol. The fraction of sp³-hybridized carbons (Fsp3) is 0.312. The number of para-hydroxylation sites is 1. The number of aliphatic hydroxyl groups is 1. The predicted molar refractivity (Wildman–Crippen MR) is 169 cm³/mol. The van der Waals surface area contributed by atoms with Crippen LogP contribution in [0, 0.1) is 0 Å². The zero-order valence-corrected chi connectivity index (χ0v) is 25.1. The number of hydrogen-bond acceptors (Lipinski definition) is 6. The van der Waals surface area contributed by atoms with Gasteiger partial charge in [0, 0.05) is 56.2 Å². The number of aliphatic hydroxyl groups excluding tert-OH is 1. The number of fused-ring (bicyclic) bond motifs is 1. The molecule has 0 amide bonds. The molecule has 0 spiro atoms. The highest BCUT2D eigenvalue weighted by molar-refractivity contribution is 7.92. The molecule has 226 valence electrons. The van der Waals surface area contributed by atoms with Gasteiger partial charge >= 0.3 is 5.69 Å². The van der Waals surface area contributed by atoms with Crippen LogP contribution in [0.2, 0.25) is 0 Å². The molecule has 0 aliphatic rings. The van der Waals surface area contributed by atoms with E-state index in [4.69, 9.17) is 5.73 Å². The number of nitrogens with zero attached hydrogens (tertiary/aromatic N) is 4. The van der Waals surface area contributed by atoms with Crippen molar-refractivity contribution in [3.05, 3.63) is 107 Å². The van der Waals surface area contributed by atoms with Gasteiger partial charge in [0.15, 0.2) is 0 Å². The van der Waals surface area contributed by atoms with E-state index in [-0.39, 0.29) is 30.1 Å². The van der Waals surface area contributed by atoms with Crippen LogP contribution in [0.3, 0.4) is 0 Å². The number of aromatic amines is 1. The number of nitrogens with one attached hydrogen (secondary N) is 1. The summed E-state index contributed by atoms with van der Waals surface area (Å²) in [5, 5.41) is 12.2. The second-order valence-corrected chi connectivity index (χ2v) is 12.4. The minimum absolute atomic E-state index is 0.0161. The molecule has 5 rings (SSSR count). The molecule has 10 nitrogen and oxygen atoms in total. The zero-order valence-electron chi connectivity index (χ0n) is 24.3. The first-order valence-electron chi connectivity index (χ1n) is 14.6. The molecule has 0 saturated heterocycles. The fourth-order valence-electron chi connectivity index (χ4n) is 5.30. The maximum atomic E-state index is 14.2. The molecule has 5 aromatic rings. The lowest BCUT2D eigenvalue weighted by Crippen LogP contribution is -2.36. The van der Waals surface area contributed by atoms with E-state index in [1.165, 1.54) is 14.9 Å². The lowest BCUT2D eigenvalue weighted by Gasteiger charge is -2.26. The van der Waals surface area contributed by atoms with Crippen molar-refractivity contribution >= 4 is 26.7 Å². The van der Waals surface area contributed by atoms with Gasteiger partial charge in [-0.2, -0.15) is 0 Å². The van der Waals surface area contributed by atoms with Gasteiger partial charge in [0.05, 0.1) is 22.4 Å². The van der Waals surface area contributed by atoms with E-state index < -0.39 is 16.1 Å². The number of anilines is 1. The highest BCUT2D eigenvalue weighted by Crippen LogP contribution is 2.30. The number of benzene rings is 2. The van der Waals surface area contributed by atoms with Crippen LogP contribution < -0.4 is 15.7 Å². The summed E-state index contributed by atoms with van der Waals surface area (Å²) in [6, 6.07) is 17.3. The number of unbranched alkanes of at least 4 members (excludes halogenated alkanes) is 3. The Kier molecular flexibility index (Phi) is 9.44. The lowest BCUT2D eigenvalue weighted by molar-refractivity contribution is 0.177. The molecule has 0 fully saturated rings. The maximum Gasteiger partial charge on any atom is 0.332 e. The number of H-pyrrole nitrogens is 1.